The van der Waals surface area contributed by atoms with Gasteiger partial charge in [0, 0.05) is 5.69 Å². The molecular weight excluding hydrogens is 229 g/mol. The average molecular weight is 247 g/mol. The van der Waals surface area contributed by atoms with E-state index in [4.69, 9.17) is 7.85 Å². The Morgan fingerprint density at radius 3 is 1.89 bits per heavy atom. The molecule has 0 aliphatic heterocycles. The molecule has 0 saturated heterocycles. The predicted octanol–water partition coefficient (Wildman–Crippen LogP) is 4.31. The highest BCUT2D eigenvalue weighted by atomic mass is 14.9. The van der Waals surface area contributed by atoms with Crippen LogP contribution in [0.3, 0.4) is 0 Å². The van der Waals surface area contributed by atoms with Crippen LogP contribution in [-0.2, 0) is 0 Å². The minimum atomic E-state index is -0.0410. The van der Waals surface area contributed by atoms with Crippen molar-refractivity contribution in [2.75, 3.05) is 5.32 Å². The summed E-state index contributed by atoms with van der Waals surface area (Å²) >= 11 is 0. The Hall–Kier alpha value is -1.96. The van der Waals surface area contributed by atoms with Gasteiger partial charge in [-0.15, -0.1) is 0 Å². The third kappa shape index (κ3) is 3.51. The number of nitrogens with one attached hydrogen (secondary N) is 1. The van der Waals surface area contributed by atoms with E-state index in [-0.39, 0.29) is 5.94 Å². The minimum absolute atomic E-state index is 0.0410. The highest BCUT2D eigenvalue weighted by Gasteiger charge is 2.00. The standard InChI is InChI=1S/C17H18BN/c1-12(2)14-4-6-15(7-5-14)16-8-10-17(11-9-16)19-13(3)18/h4-11,13,19H,1H2,2-3H3. The Bertz CT molecular complexity index is 553. The number of anilines is 1. The molecule has 2 radical (unpaired) electrons. The second-order valence-corrected chi connectivity index (χ2v) is 4.87. The van der Waals surface area contributed by atoms with Gasteiger partial charge in [0.2, 0.25) is 0 Å². The van der Waals surface area contributed by atoms with Crippen molar-refractivity contribution < 1.29 is 0 Å². The van der Waals surface area contributed by atoms with Crippen LogP contribution in [0.4, 0.5) is 5.69 Å². The molecule has 94 valence electrons. The Morgan fingerprint density at radius 1 is 1.00 bits per heavy atom. The molecule has 1 atom stereocenters. The zero-order valence-corrected chi connectivity index (χ0v) is 11.5. The van der Waals surface area contributed by atoms with Crippen LogP contribution in [0, 0.1) is 0 Å². The van der Waals surface area contributed by atoms with Crippen molar-refractivity contribution >= 4 is 19.1 Å². The summed E-state index contributed by atoms with van der Waals surface area (Å²) in [5.74, 6) is -0.0410. The second kappa shape index (κ2) is 5.79. The summed E-state index contributed by atoms with van der Waals surface area (Å²) in [6.07, 6.45) is 0. The first-order valence-electron chi connectivity index (χ1n) is 6.45. The minimum Gasteiger partial charge on any atom is -0.391 e. The van der Waals surface area contributed by atoms with E-state index >= 15 is 0 Å². The highest BCUT2D eigenvalue weighted by Crippen LogP contribution is 2.23. The average Bonchev–Trinajstić information content (AvgIpc) is 2.39. The van der Waals surface area contributed by atoms with Crippen LogP contribution in [0.15, 0.2) is 55.1 Å². The van der Waals surface area contributed by atoms with E-state index in [1.807, 2.05) is 26.0 Å². The summed E-state index contributed by atoms with van der Waals surface area (Å²) in [7, 11) is 5.70. The predicted molar refractivity (Wildman–Crippen MR) is 85.4 cm³/mol. The molecule has 0 spiro atoms. The number of benzene rings is 2. The maximum absolute atomic E-state index is 5.70. The van der Waals surface area contributed by atoms with Crippen LogP contribution in [0.2, 0.25) is 0 Å². The maximum atomic E-state index is 5.70. The molecule has 0 heterocycles. The van der Waals surface area contributed by atoms with E-state index in [1.54, 1.807) is 0 Å². The lowest BCUT2D eigenvalue weighted by Crippen LogP contribution is -2.13. The van der Waals surface area contributed by atoms with Crippen LogP contribution in [0.5, 0.6) is 0 Å². The summed E-state index contributed by atoms with van der Waals surface area (Å²) in [6, 6.07) is 16.7. The van der Waals surface area contributed by atoms with E-state index in [0.717, 1.165) is 11.3 Å². The van der Waals surface area contributed by atoms with Crippen molar-refractivity contribution in [3.8, 4) is 11.1 Å². The normalized spacial score (nSPS) is 11.9. The van der Waals surface area contributed by atoms with Crippen LogP contribution < -0.4 is 5.32 Å². The molecule has 1 nitrogen and oxygen atoms in total. The largest absolute Gasteiger partial charge is 0.391 e. The fraction of sp³-hybridized carbons (Fsp3) is 0.176. The second-order valence-electron chi connectivity index (χ2n) is 4.87. The third-order valence-electron chi connectivity index (χ3n) is 2.99. The van der Waals surface area contributed by atoms with Gasteiger partial charge in [-0.1, -0.05) is 55.5 Å². The lowest BCUT2D eigenvalue weighted by Gasteiger charge is -2.11. The first kappa shape index (κ1) is 13.5. The molecule has 0 aliphatic carbocycles. The third-order valence-corrected chi connectivity index (χ3v) is 2.99. The van der Waals surface area contributed by atoms with Crippen molar-refractivity contribution in [2.24, 2.45) is 0 Å². The molecule has 0 aromatic heterocycles. The van der Waals surface area contributed by atoms with Crippen molar-refractivity contribution in [3.05, 3.63) is 60.7 Å². The van der Waals surface area contributed by atoms with Gasteiger partial charge in [-0.25, -0.2) is 0 Å². The Kier molecular flexibility index (Phi) is 4.11. The van der Waals surface area contributed by atoms with Crippen molar-refractivity contribution in [1.29, 1.82) is 0 Å². The number of hydrogen-bond donors (Lipinski definition) is 1. The molecule has 2 aromatic carbocycles. The molecule has 0 saturated carbocycles. The number of hydrogen-bond acceptors (Lipinski definition) is 1. The molecule has 0 fully saturated rings. The van der Waals surface area contributed by atoms with E-state index in [2.05, 4.69) is 48.3 Å². The van der Waals surface area contributed by atoms with Gasteiger partial charge in [0.15, 0.2) is 0 Å². The monoisotopic (exact) mass is 247 g/mol. The van der Waals surface area contributed by atoms with Crippen molar-refractivity contribution in [1.82, 2.24) is 0 Å². The summed E-state index contributed by atoms with van der Waals surface area (Å²) in [5.41, 5.74) is 5.71. The van der Waals surface area contributed by atoms with Crippen LogP contribution in [-0.4, -0.2) is 13.8 Å². The van der Waals surface area contributed by atoms with E-state index < -0.39 is 0 Å². The van der Waals surface area contributed by atoms with Gasteiger partial charge in [-0.05, 0) is 41.7 Å². The number of allylic oxidation sites excluding steroid dienone is 1. The quantitative estimate of drug-likeness (QED) is 0.793. The van der Waals surface area contributed by atoms with E-state index in [0.29, 0.717) is 0 Å². The van der Waals surface area contributed by atoms with Crippen LogP contribution >= 0.6 is 0 Å². The summed E-state index contributed by atoms with van der Waals surface area (Å²) in [5, 5.41) is 3.17. The molecule has 19 heavy (non-hydrogen) atoms. The topological polar surface area (TPSA) is 12.0 Å². The zero-order chi connectivity index (χ0) is 13.8. The van der Waals surface area contributed by atoms with Gasteiger partial charge in [0.05, 0.1) is 7.85 Å². The van der Waals surface area contributed by atoms with Crippen molar-refractivity contribution in [2.45, 2.75) is 19.8 Å². The summed E-state index contributed by atoms with van der Waals surface area (Å²) in [4.78, 5) is 0. The Morgan fingerprint density at radius 2 is 1.47 bits per heavy atom. The van der Waals surface area contributed by atoms with Gasteiger partial charge < -0.3 is 5.32 Å². The molecule has 0 aliphatic rings. The van der Waals surface area contributed by atoms with Gasteiger partial charge in [-0.2, -0.15) is 0 Å². The lowest BCUT2D eigenvalue weighted by molar-refractivity contribution is 1.11. The fourth-order valence-electron chi connectivity index (χ4n) is 1.97. The van der Waals surface area contributed by atoms with Gasteiger partial charge >= 0.3 is 0 Å². The van der Waals surface area contributed by atoms with Crippen LogP contribution in [0.25, 0.3) is 16.7 Å². The van der Waals surface area contributed by atoms with Gasteiger partial charge in [-0.3, -0.25) is 0 Å². The molecule has 1 unspecified atom stereocenters. The first-order chi connectivity index (χ1) is 9.06. The Labute approximate surface area is 116 Å². The van der Waals surface area contributed by atoms with E-state index in [9.17, 15) is 0 Å². The molecule has 1 N–H and O–H groups in total. The van der Waals surface area contributed by atoms with Gasteiger partial charge in [0.25, 0.3) is 0 Å². The Balaban J connectivity index is 2.19. The highest BCUT2D eigenvalue weighted by molar-refractivity contribution is 6.12. The van der Waals surface area contributed by atoms with E-state index in [1.165, 1.54) is 16.7 Å². The van der Waals surface area contributed by atoms with Crippen molar-refractivity contribution in [3.63, 3.8) is 0 Å². The lowest BCUT2D eigenvalue weighted by atomic mass is 9.98. The smallest absolute Gasteiger partial charge is 0.0982 e. The van der Waals surface area contributed by atoms with Gasteiger partial charge in [0.1, 0.15) is 0 Å². The molecular formula is C17H18BN. The van der Waals surface area contributed by atoms with Crippen LogP contribution in [0.1, 0.15) is 19.4 Å². The molecule has 2 rings (SSSR count). The summed E-state index contributed by atoms with van der Waals surface area (Å²) < 4.78 is 0. The molecule has 2 aromatic rings. The first-order valence-corrected chi connectivity index (χ1v) is 6.45. The molecule has 2 heteroatoms. The fourth-order valence-corrected chi connectivity index (χ4v) is 1.97. The molecule has 0 bridgehead atoms. The SMILES string of the molecule is [B]C(C)Nc1ccc(-c2ccc(C(=C)C)cc2)cc1. The number of rotatable bonds is 4. The summed E-state index contributed by atoms with van der Waals surface area (Å²) in [6.45, 7) is 7.89. The molecule has 0 amide bonds. The zero-order valence-electron chi connectivity index (χ0n) is 11.5. The maximum Gasteiger partial charge on any atom is 0.0982 e.